The maximum atomic E-state index is 15.7. The smallest absolute Gasteiger partial charge is 0.407 e. The Labute approximate surface area is 597 Å². The molecule has 10 N–H and O–H groups in total. The number of benzene rings is 4. The van der Waals surface area contributed by atoms with Crippen molar-refractivity contribution in [1.82, 2.24) is 36.1 Å². The molecule has 5 aliphatic rings. The lowest BCUT2D eigenvalue weighted by molar-refractivity contribution is -0.271. The second-order valence-corrected chi connectivity index (χ2v) is 26.3. The lowest BCUT2D eigenvalue weighted by atomic mass is 9.81. The zero-order valence-electron chi connectivity index (χ0n) is 57.8. The molecule has 1 fully saturated rings. The summed E-state index contributed by atoms with van der Waals surface area (Å²) in [5.41, 5.74) is 4.69. The number of anilines is 1. The summed E-state index contributed by atoms with van der Waals surface area (Å²) in [5.74, 6) is -5.15. The van der Waals surface area contributed by atoms with Crippen LogP contribution in [-0.2, 0) is 102 Å². The number of fused-ring (bicyclic) bond motifs is 7. The van der Waals surface area contributed by atoms with Gasteiger partial charge in [-0.15, -0.1) is 0 Å². The quantitative estimate of drug-likeness (QED) is 0.0211. The highest BCUT2D eigenvalue weighted by molar-refractivity contribution is 5.98. The molecule has 28 nitrogen and oxygen atoms in total. The molecule has 2 aromatic heterocycles. The Bertz CT molecular complexity index is 4370. The third-order valence-electron chi connectivity index (χ3n) is 19.5. The topological polar surface area (TPSA) is 391 Å². The number of unbranched alkanes of at least 4 members (excludes halogenated alkanes) is 2. The van der Waals surface area contributed by atoms with Crippen LogP contribution in [0.1, 0.15) is 145 Å². The van der Waals surface area contributed by atoms with E-state index >= 15 is 4.39 Å². The fourth-order valence-electron chi connectivity index (χ4n) is 13.8. The molecular weight excluding hydrogens is 1350 g/mol. The van der Waals surface area contributed by atoms with Crippen LogP contribution in [-0.4, -0.2) is 159 Å². The number of aliphatic hydroxyl groups excluding tert-OH is 3. The number of carbonyl (C=O) groups is 8. The number of ether oxygens (including phenoxy) is 6. The van der Waals surface area contributed by atoms with Gasteiger partial charge in [0.05, 0.1) is 67.1 Å². The molecule has 552 valence electrons. The highest BCUT2D eigenvalue weighted by atomic mass is 19.1. The number of hydrogen-bond acceptors (Lipinski definition) is 20. The van der Waals surface area contributed by atoms with E-state index in [4.69, 9.17) is 33.4 Å². The largest absolute Gasteiger partial charge is 0.479 e. The molecule has 0 bridgehead atoms. The van der Waals surface area contributed by atoms with Gasteiger partial charge < -0.3 is 90.0 Å². The summed E-state index contributed by atoms with van der Waals surface area (Å²) in [5, 5.41) is 67.9. The Morgan fingerprint density at radius 2 is 1.55 bits per heavy atom. The number of halogens is 1. The maximum absolute atomic E-state index is 15.7. The number of nitrogens with one attached hydrogen (secondary N) is 5. The van der Waals surface area contributed by atoms with Crippen LogP contribution in [0.15, 0.2) is 83.7 Å². The van der Waals surface area contributed by atoms with E-state index in [2.05, 4.69) is 26.6 Å². The number of methoxy groups -OCH3 is 1. The van der Waals surface area contributed by atoms with E-state index in [1.54, 1.807) is 25.9 Å². The molecule has 0 saturated carbocycles. The van der Waals surface area contributed by atoms with Gasteiger partial charge in [-0.1, -0.05) is 67.6 Å². The zero-order valence-corrected chi connectivity index (χ0v) is 57.8. The molecule has 0 spiro atoms. The first-order chi connectivity index (χ1) is 50.1. The summed E-state index contributed by atoms with van der Waals surface area (Å²) in [7, 11) is 1.54. The van der Waals surface area contributed by atoms with Crippen LogP contribution in [0.4, 0.5) is 14.9 Å². The first-order valence-electron chi connectivity index (χ1n) is 34.9. The number of nitrogens with zero attached hydrogens (tertiary/aromatic N) is 3. The summed E-state index contributed by atoms with van der Waals surface area (Å²) in [6.45, 7) is 3.49. The van der Waals surface area contributed by atoms with Crippen molar-refractivity contribution < 1.29 is 96.7 Å². The van der Waals surface area contributed by atoms with Crippen LogP contribution in [0.5, 0.6) is 5.75 Å². The van der Waals surface area contributed by atoms with Crippen molar-refractivity contribution in [1.29, 1.82) is 0 Å². The number of pyridine rings is 2. The van der Waals surface area contributed by atoms with E-state index in [0.717, 1.165) is 22.4 Å². The number of carboxylic acid groups (broad SMARTS) is 1. The Kier molecular flexibility index (Phi) is 24.3. The molecule has 6 amide bonds. The predicted octanol–water partition coefficient (Wildman–Crippen LogP) is 4.94. The van der Waals surface area contributed by atoms with Crippen LogP contribution in [0, 0.1) is 12.7 Å². The number of amides is 6. The fraction of sp³-hybridized carbons (Fsp3) is 0.440. The second-order valence-electron chi connectivity index (χ2n) is 26.3. The lowest BCUT2D eigenvalue weighted by Gasteiger charge is -2.38. The predicted molar refractivity (Wildman–Crippen MR) is 372 cm³/mol. The maximum Gasteiger partial charge on any atom is 0.407 e. The Balaban J connectivity index is 0.740. The lowest BCUT2D eigenvalue weighted by Crippen LogP contribution is -2.61. The summed E-state index contributed by atoms with van der Waals surface area (Å²) in [6, 6.07) is 20.8. The average molecular weight is 1440 g/mol. The fourth-order valence-corrected chi connectivity index (χ4v) is 13.8. The van der Waals surface area contributed by atoms with Gasteiger partial charge in [-0.2, -0.15) is 0 Å². The monoisotopic (exact) mass is 1440 g/mol. The van der Waals surface area contributed by atoms with E-state index in [-0.39, 0.29) is 130 Å². The number of para-hydroxylation sites is 1. The number of aliphatic carboxylic acids is 1. The number of aromatic nitrogens is 2. The summed E-state index contributed by atoms with van der Waals surface area (Å²) >= 11 is 0. The van der Waals surface area contributed by atoms with Crippen molar-refractivity contribution in [2.24, 2.45) is 0 Å². The Morgan fingerprint density at radius 3 is 2.34 bits per heavy atom. The van der Waals surface area contributed by atoms with E-state index in [9.17, 15) is 68.7 Å². The van der Waals surface area contributed by atoms with Gasteiger partial charge in [0.15, 0.2) is 11.7 Å². The van der Waals surface area contributed by atoms with Crippen LogP contribution >= 0.6 is 0 Å². The molecule has 4 aliphatic heterocycles. The number of rotatable bonds is 30. The summed E-state index contributed by atoms with van der Waals surface area (Å²) < 4.78 is 49.9. The Hall–Kier alpha value is -10.0. The minimum absolute atomic E-state index is 0.000917. The summed E-state index contributed by atoms with van der Waals surface area (Å²) in [6.07, 6.45) is -4.58. The van der Waals surface area contributed by atoms with Gasteiger partial charge in [0.1, 0.15) is 49.1 Å². The molecule has 8 atom stereocenters. The number of hydrogen-bond donors (Lipinski definition) is 10. The number of aryl methyl sites for hydroxylation is 1. The number of cyclic esters (lactones) is 1. The van der Waals surface area contributed by atoms with E-state index in [1.807, 2.05) is 60.7 Å². The molecule has 6 heterocycles. The van der Waals surface area contributed by atoms with E-state index in [0.29, 0.717) is 90.8 Å². The molecular formula is C75H85FN8O20. The van der Waals surface area contributed by atoms with Crippen molar-refractivity contribution in [3.05, 3.63) is 156 Å². The molecule has 11 rings (SSSR count). The molecule has 6 aromatic rings. The van der Waals surface area contributed by atoms with Crippen LogP contribution in [0.3, 0.4) is 0 Å². The number of esters is 1. The molecule has 8 unspecified atom stereocenters. The second kappa shape index (κ2) is 33.6. The van der Waals surface area contributed by atoms with Gasteiger partial charge in [0, 0.05) is 80.6 Å². The van der Waals surface area contributed by atoms with Gasteiger partial charge in [0.2, 0.25) is 35.8 Å². The SMILES string of the molecule is CCC1(O)C(=O)OCc2c1cc1n(c2=O)Cc2c-1nc1cc(F)c(C)c3c1c2C(NC(=O)OCc1ccc(OC2OC(C(=O)O)C(O)C(O)C2O)c(CNC(=O)CCNC(=O)C(CCCCNC(=O)CCOCCOC)NC(=O)CCCCC(=O)N2Cc4ccccc4/C=C\c4ccccc42)c1)CC3. The first kappa shape index (κ1) is 75.2. The van der Waals surface area contributed by atoms with Crippen molar-refractivity contribution in [2.75, 3.05) is 44.9 Å². The van der Waals surface area contributed by atoms with Crippen molar-refractivity contribution in [3.63, 3.8) is 0 Å². The Morgan fingerprint density at radius 1 is 0.788 bits per heavy atom. The molecule has 104 heavy (non-hydrogen) atoms. The number of carboxylic acids is 1. The number of carbonyl (C=O) groups excluding carboxylic acids is 7. The third kappa shape index (κ3) is 16.8. The molecule has 29 heteroatoms. The molecule has 1 aliphatic carbocycles. The van der Waals surface area contributed by atoms with Gasteiger partial charge in [0.25, 0.3) is 5.56 Å². The van der Waals surface area contributed by atoms with Crippen LogP contribution < -0.4 is 41.8 Å². The van der Waals surface area contributed by atoms with Crippen molar-refractivity contribution in [3.8, 4) is 17.1 Å². The molecule has 0 radical (unpaired) electrons. The minimum atomic E-state index is -2.11. The van der Waals surface area contributed by atoms with Gasteiger partial charge in [-0.3, -0.25) is 28.8 Å². The number of alkyl carbamates (subject to hydrolysis) is 1. The van der Waals surface area contributed by atoms with Crippen LogP contribution in [0.25, 0.3) is 34.4 Å². The highest BCUT2D eigenvalue weighted by Gasteiger charge is 2.49. The first-order valence-corrected chi connectivity index (χ1v) is 34.9. The standard InChI is InChI=1S/C75H85FN8O20/c1-4-75(98)50-34-56-64-48(38-84(56)70(93)49(50)40-101-73(75)96)63-52(24-23-47-41(2)51(76)35-54(81-64)62(47)63)82-74(97)102-39-42-20-25-57(103-72-67(91)65(89)66(90)68(104-72)71(94)95)46(33-42)36-79-58(85)26-29-78-69(92)53(16-11-12-28-77-59(86)27-30-100-32-31-99-3)80-60(87)18-9-10-19-61(88)83-37-45-15-6-5-13-43(45)21-22-44-14-7-8-17-55(44)83/h5-8,13-15,17,20-22,25,33-35,52-53,65-68,72,89-91,98H,4,9-12,16,18-19,23-24,26-32,36-40H2,1-3H3,(H,77,86)(H,78,92)(H,79,85)(H,80,87)(H,82,97)(H,94,95)/b22-21-. The van der Waals surface area contributed by atoms with Crippen LogP contribution in [0.2, 0.25) is 0 Å². The third-order valence-corrected chi connectivity index (χ3v) is 19.5. The van der Waals surface area contributed by atoms with E-state index in [1.165, 1.54) is 34.9 Å². The average Bonchev–Trinajstić information content (AvgIpc) is 1.50. The summed E-state index contributed by atoms with van der Waals surface area (Å²) in [4.78, 5) is 128. The van der Waals surface area contributed by atoms with Crippen molar-refractivity contribution in [2.45, 2.75) is 172 Å². The van der Waals surface area contributed by atoms with E-state index < -0.39 is 102 Å². The molecule has 4 aromatic carbocycles. The number of aliphatic hydroxyl groups is 4. The van der Waals surface area contributed by atoms with Crippen molar-refractivity contribution >= 4 is 76.3 Å². The zero-order chi connectivity index (χ0) is 73.9. The highest BCUT2D eigenvalue weighted by Crippen LogP contribution is 2.46. The van der Waals surface area contributed by atoms with Gasteiger partial charge in [-0.05, 0) is 121 Å². The van der Waals surface area contributed by atoms with Gasteiger partial charge in [-0.25, -0.2) is 23.8 Å². The normalized spacial score (nSPS) is 20.3. The minimum Gasteiger partial charge on any atom is -0.479 e. The molecule has 1 saturated heterocycles. The van der Waals surface area contributed by atoms with Gasteiger partial charge >= 0.3 is 18.0 Å².